The van der Waals surface area contributed by atoms with Crippen molar-refractivity contribution in [2.75, 3.05) is 13.2 Å². The van der Waals surface area contributed by atoms with Crippen LogP contribution in [0.15, 0.2) is 30.3 Å². The highest BCUT2D eigenvalue weighted by Gasteiger charge is 2.35. The van der Waals surface area contributed by atoms with Crippen LogP contribution in [0.1, 0.15) is 50.5 Å². The van der Waals surface area contributed by atoms with Gasteiger partial charge >= 0.3 is 0 Å². The smallest absolute Gasteiger partial charge is 0.249 e. The van der Waals surface area contributed by atoms with Gasteiger partial charge in [-0.15, -0.1) is 0 Å². The molecule has 3 rings (SSSR count). The third-order valence-electron chi connectivity index (χ3n) is 5.02. The predicted octanol–water partition coefficient (Wildman–Crippen LogP) is 3.18. The Labute approximate surface area is 127 Å². The van der Waals surface area contributed by atoms with Crippen LogP contribution in [0.25, 0.3) is 0 Å². The lowest BCUT2D eigenvalue weighted by Crippen LogP contribution is -2.45. The number of carbonyl (C=O) groups is 1. The van der Waals surface area contributed by atoms with Gasteiger partial charge in [-0.25, -0.2) is 0 Å². The molecule has 21 heavy (non-hydrogen) atoms. The number of carbonyl (C=O) groups excluding carboxylic acids is 1. The average molecular weight is 287 g/mol. The molecule has 1 atom stereocenters. The van der Waals surface area contributed by atoms with Gasteiger partial charge in [0.15, 0.2) is 0 Å². The molecule has 1 aromatic rings. The highest BCUT2D eigenvalue weighted by molar-refractivity contribution is 5.81. The van der Waals surface area contributed by atoms with Crippen molar-refractivity contribution in [2.45, 2.75) is 56.5 Å². The lowest BCUT2D eigenvalue weighted by atomic mass is 9.69. The maximum atomic E-state index is 12.2. The van der Waals surface area contributed by atoms with Crippen molar-refractivity contribution < 1.29 is 9.53 Å². The molecule has 3 heteroatoms. The molecule has 3 nitrogen and oxygen atoms in total. The Hall–Kier alpha value is -1.35. The van der Waals surface area contributed by atoms with Gasteiger partial charge in [0, 0.05) is 18.6 Å². The van der Waals surface area contributed by atoms with Crippen molar-refractivity contribution in [1.29, 1.82) is 0 Å². The Morgan fingerprint density at radius 2 is 1.90 bits per heavy atom. The van der Waals surface area contributed by atoms with Crippen LogP contribution in [0.3, 0.4) is 0 Å². The zero-order valence-corrected chi connectivity index (χ0v) is 12.6. The number of hydrogen-bond acceptors (Lipinski definition) is 2. The third-order valence-corrected chi connectivity index (χ3v) is 5.02. The number of benzene rings is 1. The molecule has 1 amide bonds. The van der Waals surface area contributed by atoms with Gasteiger partial charge in [-0.1, -0.05) is 49.6 Å². The average Bonchev–Trinajstić information content (AvgIpc) is 3.09. The van der Waals surface area contributed by atoms with E-state index in [0.29, 0.717) is 0 Å². The first-order valence-corrected chi connectivity index (χ1v) is 8.25. The van der Waals surface area contributed by atoms with E-state index in [2.05, 4.69) is 35.6 Å². The summed E-state index contributed by atoms with van der Waals surface area (Å²) in [6.45, 7) is 1.47. The summed E-state index contributed by atoms with van der Waals surface area (Å²) in [6.07, 6.45) is 7.81. The molecule has 0 bridgehead atoms. The standard InChI is InChI=1S/C18H25NO2/c20-17(16-10-7-13-21-16)19-14-18(11-5-2-6-12-18)15-8-3-1-4-9-15/h1,3-4,8-9,16H,2,5-7,10-14H2,(H,19,20). The molecular weight excluding hydrogens is 262 g/mol. The van der Waals surface area contributed by atoms with E-state index < -0.39 is 0 Å². The van der Waals surface area contributed by atoms with Gasteiger partial charge in [-0.05, 0) is 31.2 Å². The molecule has 0 radical (unpaired) electrons. The molecule has 1 aromatic carbocycles. The van der Waals surface area contributed by atoms with Gasteiger partial charge in [-0.2, -0.15) is 0 Å². The van der Waals surface area contributed by atoms with Crippen LogP contribution in [0.2, 0.25) is 0 Å². The fourth-order valence-electron chi connectivity index (χ4n) is 3.74. The summed E-state index contributed by atoms with van der Waals surface area (Å²) in [5.74, 6) is 0.0772. The van der Waals surface area contributed by atoms with Crippen LogP contribution >= 0.6 is 0 Å². The van der Waals surface area contributed by atoms with Crippen LogP contribution < -0.4 is 5.32 Å². The SMILES string of the molecule is O=C(NCC1(c2ccccc2)CCCCC1)C1CCCO1. The van der Waals surface area contributed by atoms with Crippen LogP contribution in [-0.4, -0.2) is 25.2 Å². The van der Waals surface area contributed by atoms with Gasteiger partial charge in [-0.3, -0.25) is 4.79 Å². The molecular formula is C18H25NO2. The van der Waals surface area contributed by atoms with Gasteiger partial charge in [0.05, 0.1) is 0 Å². The summed E-state index contributed by atoms with van der Waals surface area (Å²) in [6, 6.07) is 10.7. The second-order valence-corrected chi connectivity index (χ2v) is 6.43. The first kappa shape index (κ1) is 14.6. The highest BCUT2D eigenvalue weighted by Crippen LogP contribution is 2.38. The van der Waals surface area contributed by atoms with E-state index in [1.54, 1.807) is 0 Å². The van der Waals surface area contributed by atoms with E-state index in [4.69, 9.17) is 4.74 Å². The van der Waals surface area contributed by atoms with Crippen molar-refractivity contribution >= 4 is 5.91 Å². The lowest BCUT2D eigenvalue weighted by Gasteiger charge is -2.38. The molecule has 0 aromatic heterocycles. The Balaban J connectivity index is 1.69. The summed E-state index contributed by atoms with van der Waals surface area (Å²) in [4.78, 5) is 12.2. The third kappa shape index (κ3) is 3.29. The van der Waals surface area contributed by atoms with Crippen molar-refractivity contribution in [3.8, 4) is 0 Å². The predicted molar refractivity (Wildman–Crippen MR) is 83.2 cm³/mol. The second-order valence-electron chi connectivity index (χ2n) is 6.43. The molecule has 2 fully saturated rings. The molecule has 114 valence electrons. The molecule has 2 aliphatic rings. The maximum Gasteiger partial charge on any atom is 0.249 e. The largest absolute Gasteiger partial charge is 0.368 e. The molecule has 1 aliphatic carbocycles. The van der Waals surface area contributed by atoms with E-state index in [0.717, 1.165) is 26.0 Å². The van der Waals surface area contributed by atoms with Crippen molar-refractivity contribution in [3.63, 3.8) is 0 Å². The van der Waals surface area contributed by atoms with E-state index in [-0.39, 0.29) is 17.4 Å². The number of nitrogens with one attached hydrogen (secondary N) is 1. The number of amides is 1. The van der Waals surface area contributed by atoms with Gasteiger partial charge in [0.1, 0.15) is 6.10 Å². The zero-order chi connectivity index (χ0) is 14.5. The minimum absolute atomic E-state index is 0.0772. The monoisotopic (exact) mass is 287 g/mol. The molecule has 1 saturated carbocycles. The molecule has 1 N–H and O–H groups in total. The second kappa shape index (κ2) is 6.61. The zero-order valence-electron chi connectivity index (χ0n) is 12.6. The Morgan fingerprint density at radius 1 is 1.14 bits per heavy atom. The van der Waals surface area contributed by atoms with Gasteiger partial charge < -0.3 is 10.1 Å². The minimum Gasteiger partial charge on any atom is -0.368 e. The van der Waals surface area contributed by atoms with E-state index >= 15 is 0 Å². The first-order chi connectivity index (χ1) is 10.3. The molecule has 0 spiro atoms. The van der Waals surface area contributed by atoms with Crippen molar-refractivity contribution in [3.05, 3.63) is 35.9 Å². The number of hydrogen-bond donors (Lipinski definition) is 1. The lowest BCUT2D eigenvalue weighted by molar-refractivity contribution is -0.130. The summed E-state index contributed by atoms with van der Waals surface area (Å²) < 4.78 is 5.48. The molecule has 1 saturated heterocycles. The molecule has 1 heterocycles. The summed E-state index contributed by atoms with van der Waals surface area (Å²) in [5.41, 5.74) is 1.49. The summed E-state index contributed by atoms with van der Waals surface area (Å²) >= 11 is 0. The molecule has 1 aliphatic heterocycles. The summed E-state index contributed by atoms with van der Waals surface area (Å²) in [5, 5.41) is 3.17. The number of ether oxygens (including phenoxy) is 1. The highest BCUT2D eigenvalue weighted by atomic mass is 16.5. The van der Waals surface area contributed by atoms with E-state index in [1.165, 1.54) is 37.7 Å². The van der Waals surface area contributed by atoms with Crippen LogP contribution in [0, 0.1) is 0 Å². The van der Waals surface area contributed by atoms with Gasteiger partial charge in [0.25, 0.3) is 0 Å². The van der Waals surface area contributed by atoms with E-state index in [1.807, 2.05) is 0 Å². The van der Waals surface area contributed by atoms with E-state index in [9.17, 15) is 4.79 Å². The van der Waals surface area contributed by atoms with Crippen LogP contribution in [0.4, 0.5) is 0 Å². The Kier molecular flexibility index (Phi) is 4.59. The van der Waals surface area contributed by atoms with Crippen LogP contribution in [-0.2, 0) is 14.9 Å². The van der Waals surface area contributed by atoms with Crippen molar-refractivity contribution in [2.24, 2.45) is 0 Å². The fraction of sp³-hybridized carbons (Fsp3) is 0.611. The maximum absolute atomic E-state index is 12.2. The summed E-state index contributed by atoms with van der Waals surface area (Å²) in [7, 11) is 0. The molecule has 1 unspecified atom stereocenters. The first-order valence-electron chi connectivity index (χ1n) is 8.25. The quantitative estimate of drug-likeness (QED) is 0.923. The Morgan fingerprint density at radius 3 is 2.57 bits per heavy atom. The normalized spacial score (nSPS) is 24.7. The number of rotatable bonds is 4. The van der Waals surface area contributed by atoms with Crippen molar-refractivity contribution in [1.82, 2.24) is 5.32 Å². The fourth-order valence-corrected chi connectivity index (χ4v) is 3.74. The van der Waals surface area contributed by atoms with Gasteiger partial charge in [0.2, 0.25) is 5.91 Å². The Bertz CT molecular complexity index is 459. The topological polar surface area (TPSA) is 38.3 Å². The van der Waals surface area contributed by atoms with Crippen LogP contribution in [0.5, 0.6) is 0 Å². The minimum atomic E-state index is -0.221.